The first-order valence-corrected chi connectivity index (χ1v) is 6.87. The van der Waals surface area contributed by atoms with Gasteiger partial charge in [-0.25, -0.2) is 0 Å². The number of nitrogens with zero attached hydrogens (tertiary/aromatic N) is 2. The average Bonchev–Trinajstić information content (AvgIpc) is 2.86. The standard InChI is InChI=1S/C16H20N2O3/c1-5-18-12(8-11(2)17-18)9-15(19)14-7-6-13(20-3)10-16(14)21-4/h6-8,10H,5,9H2,1-4H3. The summed E-state index contributed by atoms with van der Waals surface area (Å²) in [6.07, 6.45) is 0.303. The maximum absolute atomic E-state index is 12.5. The second-order valence-corrected chi connectivity index (χ2v) is 4.76. The van der Waals surface area contributed by atoms with E-state index in [1.54, 1.807) is 32.4 Å². The number of hydrogen-bond acceptors (Lipinski definition) is 4. The number of hydrogen-bond donors (Lipinski definition) is 0. The molecule has 0 N–H and O–H groups in total. The van der Waals surface area contributed by atoms with Gasteiger partial charge in [0.1, 0.15) is 11.5 Å². The van der Waals surface area contributed by atoms with Gasteiger partial charge in [-0.1, -0.05) is 0 Å². The van der Waals surface area contributed by atoms with Crippen LogP contribution in [0, 0.1) is 6.92 Å². The third-order valence-electron chi connectivity index (χ3n) is 3.34. The lowest BCUT2D eigenvalue weighted by molar-refractivity contribution is 0.0987. The van der Waals surface area contributed by atoms with E-state index >= 15 is 0 Å². The Bertz CT molecular complexity index is 647. The number of rotatable bonds is 6. The van der Waals surface area contributed by atoms with Crippen molar-refractivity contribution < 1.29 is 14.3 Å². The van der Waals surface area contributed by atoms with E-state index in [1.807, 2.05) is 24.6 Å². The lowest BCUT2D eigenvalue weighted by atomic mass is 10.0. The molecule has 0 unspecified atom stereocenters. The molecule has 0 aliphatic heterocycles. The molecule has 1 aromatic carbocycles. The van der Waals surface area contributed by atoms with Crippen molar-refractivity contribution in [2.24, 2.45) is 0 Å². The van der Waals surface area contributed by atoms with Crippen molar-refractivity contribution in [1.29, 1.82) is 0 Å². The van der Waals surface area contributed by atoms with Crippen molar-refractivity contribution in [3.05, 3.63) is 41.2 Å². The van der Waals surface area contributed by atoms with E-state index in [-0.39, 0.29) is 5.78 Å². The Labute approximate surface area is 124 Å². The molecule has 5 nitrogen and oxygen atoms in total. The Morgan fingerprint density at radius 3 is 2.62 bits per heavy atom. The van der Waals surface area contributed by atoms with Crippen LogP contribution in [-0.4, -0.2) is 29.8 Å². The minimum Gasteiger partial charge on any atom is -0.497 e. The van der Waals surface area contributed by atoms with E-state index in [0.29, 0.717) is 23.5 Å². The van der Waals surface area contributed by atoms with Gasteiger partial charge in [0, 0.05) is 18.3 Å². The van der Waals surface area contributed by atoms with Crippen molar-refractivity contribution in [2.75, 3.05) is 14.2 Å². The summed E-state index contributed by atoms with van der Waals surface area (Å²) in [4.78, 5) is 12.5. The molecular formula is C16H20N2O3. The molecule has 1 heterocycles. The lowest BCUT2D eigenvalue weighted by Crippen LogP contribution is -2.10. The van der Waals surface area contributed by atoms with Gasteiger partial charge < -0.3 is 9.47 Å². The molecule has 0 aliphatic rings. The number of aromatic nitrogens is 2. The Kier molecular flexibility index (Phi) is 4.62. The first kappa shape index (κ1) is 15.1. The van der Waals surface area contributed by atoms with Gasteiger partial charge in [-0.15, -0.1) is 0 Å². The number of ketones is 1. The van der Waals surface area contributed by atoms with Gasteiger partial charge in [-0.3, -0.25) is 9.48 Å². The first-order chi connectivity index (χ1) is 10.1. The minimum atomic E-state index is 0.00380. The Balaban J connectivity index is 2.27. The second kappa shape index (κ2) is 6.43. The van der Waals surface area contributed by atoms with Gasteiger partial charge >= 0.3 is 0 Å². The molecule has 0 saturated heterocycles. The highest BCUT2D eigenvalue weighted by Gasteiger charge is 2.16. The lowest BCUT2D eigenvalue weighted by Gasteiger charge is -2.10. The summed E-state index contributed by atoms with van der Waals surface area (Å²) in [7, 11) is 3.13. The summed E-state index contributed by atoms with van der Waals surface area (Å²) in [5.41, 5.74) is 2.39. The molecule has 5 heteroatoms. The highest BCUT2D eigenvalue weighted by atomic mass is 16.5. The van der Waals surface area contributed by atoms with Crippen LogP contribution in [0.4, 0.5) is 0 Å². The van der Waals surface area contributed by atoms with E-state index < -0.39 is 0 Å². The SMILES string of the molecule is CCn1nc(C)cc1CC(=O)c1ccc(OC)cc1OC. The van der Waals surface area contributed by atoms with E-state index in [0.717, 1.165) is 17.9 Å². The van der Waals surface area contributed by atoms with Gasteiger partial charge in [-0.05, 0) is 32.0 Å². The molecule has 0 bridgehead atoms. The fourth-order valence-electron chi connectivity index (χ4n) is 2.30. The predicted molar refractivity (Wildman–Crippen MR) is 80.2 cm³/mol. The summed E-state index contributed by atoms with van der Waals surface area (Å²) >= 11 is 0. The van der Waals surface area contributed by atoms with Crippen LogP contribution in [0.2, 0.25) is 0 Å². The second-order valence-electron chi connectivity index (χ2n) is 4.76. The zero-order chi connectivity index (χ0) is 15.4. The van der Waals surface area contributed by atoms with Crippen molar-refractivity contribution in [3.63, 3.8) is 0 Å². The Morgan fingerprint density at radius 1 is 1.24 bits per heavy atom. The van der Waals surface area contributed by atoms with Crippen LogP contribution < -0.4 is 9.47 Å². The van der Waals surface area contributed by atoms with Crippen LogP contribution in [0.25, 0.3) is 0 Å². The summed E-state index contributed by atoms with van der Waals surface area (Å²) < 4.78 is 12.3. The van der Waals surface area contributed by atoms with Crippen LogP contribution in [0.5, 0.6) is 11.5 Å². The molecule has 0 amide bonds. The summed E-state index contributed by atoms with van der Waals surface area (Å²) in [5, 5.41) is 4.36. The molecule has 0 fully saturated rings. The number of methoxy groups -OCH3 is 2. The van der Waals surface area contributed by atoms with Crippen molar-refractivity contribution >= 4 is 5.78 Å². The summed E-state index contributed by atoms with van der Waals surface area (Å²) in [5.74, 6) is 1.19. The van der Waals surface area contributed by atoms with Crippen LogP contribution >= 0.6 is 0 Å². The minimum absolute atomic E-state index is 0.00380. The molecule has 0 spiro atoms. The molecule has 0 saturated carbocycles. The van der Waals surface area contributed by atoms with Gasteiger partial charge in [0.2, 0.25) is 0 Å². The smallest absolute Gasteiger partial charge is 0.172 e. The predicted octanol–water partition coefficient (Wildman–Crippen LogP) is 2.65. The summed E-state index contributed by atoms with van der Waals surface area (Å²) in [6.45, 7) is 4.68. The molecule has 2 aromatic rings. The topological polar surface area (TPSA) is 53.4 Å². The highest BCUT2D eigenvalue weighted by Crippen LogP contribution is 2.25. The molecule has 0 radical (unpaired) electrons. The number of aryl methyl sites for hydroxylation is 2. The van der Waals surface area contributed by atoms with Crippen LogP contribution in [0.1, 0.15) is 28.7 Å². The maximum atomic E-state index is 12.5. The summed E-state index contributed by atoms with van der Waals surface area (Å²) in [6, 6.07) is 7.16. The van der Waals surface area contributed by atoms with Gasteiger partial charge in [0.15, 0.2) is 5.78 Å². The Morgan fingerprint density at radius 2 is 2.00 bits per heavy atom. The van der Waals surface area contributed by atoms with Gasteiger partial charge in [-0.2, -0.15) is 5.10 Å². The van der Waals surface area contributed by atoms with Gasteiger partial charge in [0.05, 0.1) is 31.9 Å². The first-order valence-electron chi connectivity index (χ1n) is 6.87. The van der Waals surface area contributed by atoms with Gasteiger partial charge in [0.25, 0.3) is 0 Å². The van der Waals surface area contributed by atoms with E-state index in [1.165, 1.54) is 0 Å². The van der Waals surface area contributed by atoms with Crippen molar-refractivity contribution in [1.82, 2.24) is 9.78 Å². The average molecular weight is 288 g/mol. The largest absolute Gasteiger partial charge is 0.497 e. The van der Waals surface area contributed by atoms with Crippen molar-refractivity contribution in [3.8, 4) is 11.5 Å². The van der Waals surface area contributed by atoms with E-state index in [4.69, 9.17) is 9.47 Å². The molecular weight excluding hydrogens is 268 g/mol. The molecule has 2 rings (SSSR count). The molecule has 0 atom stereocenters. The Hall–Kier alpha value is -2.30. The monoisotopic (exact) mass is 288 g/mol. The zero-order valence-electron chi connectivity index (χ0n) is 12.8. The van der Waals surface area contributed by atoms with Crippen LogP contribution in [0.15, 0.2) is 24.3 Å². The van der Waals surface area contributed by atoms with Crippen LogP contribution in [-0.2, 0) is 13.0 Å². The van der Waals surface area contributed by atoms with E-state index in [2.05, 4.69) is 5.10 Å². The normalized spacial score (nSPS) is 10.5. The van der Waals surface area contributed by atoms with E-state index in [9.17, 15) is 4.79 Å². The molecule has 1 aromatic heterocycles. The fourth-order valence-corrected chi connectivity index (χ4v) is 2.30. The molecule has 112 valence electrons. The third-order valence-corrected chi connectivity index (χ3v) is 3.34. The number of carbonyl (C=O) groups excluding carboxylic acids is 1. The fraction of sp³-hybridized carbons (Fsp3) is 0.375. The molecule has 21 heavy (non-hydrogen) atoms. The van der Waals surface area contributed by atoms with Crippen molar-refractivity contribution in [2.45, 2.75) is 26.8 Å². The zero-order valence-corrected chi connectivity index (χ0v) is 12.8. The van der Waals surface area contributed by atoms with Crippen LogP contribution in [0.3, 0.4) is 0 Å². The third kappa shape index (κ3) is 3.24. The number of carbonyl (C=O) groups is 1. The number of Topliss-reactive ketones (excluding diaryl/α,β-unsaturated/α-hetero) is 1. The number of benzene rings is 1. The molecule has 0 aliphatic carbocycles. The number of ether oxygens (including phenoxy) is 2. The highest BCUT2D eigenvalue weighted by molar-refractivity contribution is 6.00. The maximum Gasteiger partial charge on any atom is 0.172 e. The quantitative estimate of drug-likeness (QED) is 0.767.